The van der Waals surface area contributed by atoms with Crippen molar-refractivity contribution in [2.75, 3.05) is 17.8 Å². The number of benzene rings is 3. The highest BCUT2D eigenvalue weighted by molar-refractivity contribution is 7.92. The summed E-state index contributed by atoms with van der Waals surface area (Å²) in [4.78, 5) is 26.1. The van der Waals surface area contributed by atoms with E-state index in [1.807, 2.05) is 0 Å². The number of carbonyl (C=O) groups is 2. The average Bonchev–Trinajstić information content (AvgIpc) is 2.90. The van der Waals surface area contributed by atoms with Gasteiger partial charge in [-0.3, -0.25) is 14.3 Å². The zero-order valence-electron chi connectivity index (χ0n) is 21.4. The molecule has 1 heterocycles. The minimum atomic E-state index is -4.85. The number of aliphatic hydroxyl groups is 1. The Kier molecular flexibility index (Phi) is 8.73. The number of nitrogens with one attached hydrogen (secondary N) is 1. The van der Waals surface area contributed by atoms with Crippen molar-refractivity contribution in [1.82, 2.24) is 4.90 Å². The van der Waals surface area contributed by atoms with Crippen molar-refractivity contribution in [2.24, 2.45) is 5.73 Å². The number of halogens is 3. The van der Waals surface area contributed by atoms with Crippen molar-refractivity contribution in [1.29, 1.82) is 0 Å². The number of carbonyl (C=O) groups excluding carboxylic acids is 2. The van der Waals surface area contributed by atoms with Crippen molar-refractivity contribution in [3.05, 3.63) is 77.9 Å². The molecular formula is C27H26F3N3O7S. The van der Waals surface area contributed by atoms with Crippen LogP contribution in [0.25, 0.3) is 0 Å². The second-order valence-corrected chi connectivity index (χ2v) is 10.9. The molecule has 0 atom stereocenters. The van der Waals surface area contributed by atoms with Crippen LogP contribution in [0.15, 0.2) is 71.6 Å². The molecule has 0 saturated carbocycles. The normalized spacial score (nSPS) is 14.4. The number of nitrogens with two attached hydrogens (primary N) is 1. The van der Waals surface area contributed by atoms with Crippen molar-refractivity contribution >= 4 is 27.5 Å². The number of rotatable bonds is 9. The Balaban J connectivity index is 1.54. The van der Waals surface area contributed by atoms with Crippen LogP contribution in [0.1, 0.15) is 28.8 Å². The first-order valence-electron chi connectivity index (χ1n) is 12.3. The number of nitrogens with zero attached hydrogens (tertiary/aromatic N) is 1. The molecule has 0 radical (unpaired) electrons. The number of sulfonamides is 1. The van der Waals surface area contributed by atoms with Gasteiger partial charge in [-0.15, -0.1) is 13.2 Å². The summed E-state index contributed by atoms with van der Waals surface area (Å²) >= 11 is 0. The van der Waals surface area contributed by atoms with Gasteiger partial charge in [0, 0.05) is 18.7 Å². The van der Waals surface area contributed by atoms with Crippen LogP contribution in [0.5, 0.6) is 17.2 Å². The van der Waals surface area contributed by atoms with E-state index in [0.717, 1.165) is 12.1 Å². The molecule has 1 aliphatic heterocycles. The lowest BCUT2D eigenvalue weighted by atomic mass is 10.0. The van der Waals surface area contributed by atoms with Gasteiger partial charge in [0.15, 0.2) is 5.75 Å². The second kappa shape index (κ2) is 12.1. The Hall–Kier alpha value is -4.30. The first-order chi connectivity index (χ1) is 19.3. The van der Waals surface area contributed by atoms with Gasteiger partial charge in [-0.25, -0.2) is 8.42 Å². The first kappa shape index (κ1) is 29.7. The van der Waals surface area contributed by atoms with Gasteiger partial charge in [0.05, 0.1) is 23.1 Å². The SMILES string of the molecule is NC(=O)c1ccc(S(=O)(=O)Nc2ccccc2Oc2ccc(OC(F)(F)F)cc2)cc1CC(=O)N1CCC(O)CC1. The van der Waals surface area contributed by atoms with E-state index in [1.165, 1.54) is 47.4 Å². The molecule has 0 aliphatic carbocycles. The van der Waals surface area contributed by atoms with E-state index in [4.69, 9.17) is 10.5 Å². The molecule has 14 heteroatoms. The molecule has 1 fully saturated rings. The summed E-state index contributed by atoms with van der Waals surface area (Å²) in [6, 6.07) is 14.1. The van der Waals surface area contributed by atoms with Gasteiger partial charge in [-0.05, 0) is 73.0 Å². The molecule has 0 bridgehead atoms. The van der Waals surface area contributed by atoms with Crippen LogP contribution in [-0.2, 0) is 21.2 Å². The van der Waals surface area contributed by atoms with Crippen LogP contribution in [0, 0.1) is 0 Å². The lowest BCUT2D eigenvalue weighted by Gasteiger charge is -2.29. The number of anilines is 1. The average molecular weight is 594 g/mol. The lowest BCUT2D eigenvalue weighted by molar-refractivity contribution is -0.274. The molecule has 0 spiro atoms. The highest BCUT2D eigenvalue weighted by Gasteiger charge is 2.31. The Morgan fingerprint density at radius 2 is 1.63 bits per heavy atom. The Morgan fingerprint density at radius 3 is 2.27 bits per heavy atom. The third kappa shape index (κ3) is 7.89. The third-order valence-electron chi connectivity index (χ3n) is 6.23. The van der Waals surface area contributed by atoms with Gasteiger partial charge < -0.3 is 25.2 Å². The van der Waals surface area contributed by atoms with Crippen LogP contribution >= 0.6 is 0 Å². The quantitative estimate of drug-likeness (QED) is 0.342. The minimum absolute atomic E-state index is 0.00368. The highest BCUT2D eigenvalue weighted by Crippen LogP contribution is 2.33. The predicted molar refractivity (Wildman–Crippen MR) is 141 cm³/mol. The number of aliphatic hydroxyl groups excluding tert-OH is 1. The highest BCUT2D eigenvalue weighted by atomic mass is 32.2. The standard InChI is InChI=1S/C27H26F3N3O7S/c28-27(29,30)40-20-7-5-19(6-8-20)39-24-4-2-1-3-23(24)32-41(37,38)21-9-10-22(26(31)36)17(15-21)16-25(35)33-13-11-18(34)12-14-33/h1-10,15,18,32,34H,11-14,16H2,(H2,31,36). The number of hydrogen-bond donors (Lipinski definition) is 3. The van der Waals surface area contributed by atoms with E-state index < -0.39 is 34.1 Å². The number of amides is 2. The van der Waals surface area contributed by atoms with Crippen LogP contribution in [0.3, 0.4) is 0 Å². The van der Waals surface area contributed by atoms with Crippen LogP contribution < -0.4 is 19.9 Å². The summed E-state index contributed by atoms with van der Waals surface area (Å²) in [5.74, 6) is -1.46. The number of para-hydroxylation sites is 2. The molecule has 4 N–H and O–H groups in total. The molecule has 0 unspecified atom stereocenters. The van der Waals surface area contributed by atoms with Crippen LogP contribution in [-0.4, -0.2) is 55.8 Å². The zero-order chi connectivity index (χ0) is 29.8. The van der Waals surface area contributed by atoms with Gasteiger partial charge >= 0.3 is 6.36 Å². The van der Waals surface area contributed by atoms with E-state index in [2.05, 4.69) is 9.46 Å². The van der Waals surface area contributed by atoms with Gasteiger partial charge in [0.2, 0.25) is 11.8 Å². The molecule has 10 nitrogen and oxygen atoms in total. The number of piperidine rings is 1. The molecular weight excluding hydrogens is 567 g/mol. The number of hydrogen-bond acceptors (Lipinski definition) is 7. The Morgan fingerprint density at radius 1 is 1.00 bits per heavy atom. The summed E-state index contributed by atoms with van der Waals surface area (Å²) in [6.07, 6.45) is -4.78. The summed E-state index contributed by atoms with van der Waals surface area (Å²) in [5, 5.41) is 9.69. The van der Waals surface area contributed by atoms with E-state index in [-0.39, 0.29) is 45.5 Å². The smallest absolute Gasteiger partial charge is 0.455 e. The monoisotopic (exact) mass is 593 g/mol. The van der Waals surface area contributed by atoms with Gasteiger partial charge in [0.25, 0.3) is 10.0 Å². The summed E-state index contributed by atoms with van der Waals surface area (Å²) in [6.45, 7) is 0.667. The third-order valence-corrected chi connectivity index (χ3v) is 7.59. The molecule has 0 aromatic heterocycles. The number of ether oxygens (including phenoxy) is 2. The number of primary amides is 1. The van der Waals surface area contributed by atoms with Crippen molar-refractivity contribution in [2.45, 2.75) is 36.6 Å². The molecule has 1 aliphatic rings. The molecule has 41 heavy (non-hydrogen) atoms. The summed E-state index contributed by atoms with van der Waals surface area (Å²) < 4.78 is 75.8. The molecule has 218 valence electrons. The molecule has 2 amide bonds. The minimum Gasteiger partial charge on any atom is -0.455 e. The number of alkyl halides is 3. The fourth-order valence-corrected chi connectivity index (χ4v) is 5.31. The van der Waals surface area contributed by atoms with Crippen molar-refractivity contribution in [3.8, 4) is 17.2 Å². The maximum atomic E-state index is 13.3. The van der Waals surface area contributed by atoms with Gasteiger partial charge in [-0.1, -0.05) is 12.1 Å². The van der Waals surface area contributed by atoms with E-state index >= 15 is 0 Å². The van der Waals surface area contributed by atoms with E-state index in [1.54, 1.807) is 12.1 Å². The topological polar surface area (TPSA) is 148 Å². The first-order valence-corrected chi connectivity index (χ1v) is 13.8. The molecule has 4 rings (SSSR count). The summed E-state index contributed by atoms with van der Waals surface area (Å²) in [5.41, 5.74) is 5.60. The van der Waals surface area contributed by atoms with E-state index in [9.17, 15) is 36.3 Å². The lowest BCUT2D eigenvalue weighted by Crippen LogP contribution is -2.41. The molecule has 3 aromatic carbocycles. The number of likely N-dealkylation sites (tertiary alicyclic amines) is 1. The van der Waals surface area contributed by atoms with Crippen molar-refractivity contribution in [3.63, 3.8) is 0 Å². The van der Waals surface area contributed by atoms with E-state index in [0.29, 0.717) is 25.9 Å². The Labute approximate surface area is 233 Å². The zero-order valence-corrected chi connectivity index (χ0v) is 22.2. The Bertz CT molecular complexity index is 1520. The molecule has 3 aromatic rings. The predicted octanol–water partition coefficient (Wildman–Crippen LogP) is 3.80. The fraction of sp³-hybridized carbons (Fsp3) is 0.259. The van der Waals surface area contributed by atoms with Crippen LogP contribution in [0.2, 0.25) is 0 Å². The van der Waals surface area contributed by atoms with Crippen LogP contribution in [0.4, 0.5) is 18.9 Å². The summed E-state index contributed by atoms with van der Waals surface area (Å²) in [7, 11) is -4.27. The second-order valence-electron chi connectivity index (χ2n) is 9.19. The maximum absolute atomic E-state index is 13.3. The maximum Gasteiger partial charge on any atom is 0.573 e. The van der Waals surface area contributed by atoms with Gasteiger partial charge in [-0.2, -0.15) is 0 Å². The largest absolute Gasteiger partial charge is 0.573 e. The molecule has 1 saturated heterocycles. The van der Waals surface area contributed by atoms with Gasteiger partial charge in [0.1, 0.15) is 11.5 Å². The fourth-order valence-electron chi connectivity index (χ4n) is 4.19. The van der Waals surface area contributed by atoms with Crippen molar-refractivity contribution < 1.29 is 45.8 Å².